The van der Waals surface area contributed by atoms with Crippen LogP contribution in [0.15, 0.2) is 0 Å². The average Bonchev–Trinajstić information content (AvgIpc) is 2.91. The van der Waals surface area contributed by atoms with Gasteiger partial charge in [-0.15, -0.1) is 0 Å². The molecule has 1 N–H and O–H groups in total. The molecule has 1 spiro atoms. The highest BCUT2D eigenvalue weighted by Gasteiger charge is 2.56. The summed E-state index contributed by atoms with van der Waals surface area (Å²) in [6.07, 6.45) is 13.2. The molecule has 0 aromatic heterocycles. The standard InChI is InChI=1S/C16H28O2/c1-2-12-6-5-7-13(10-12)18-15-11-14(17)16(15)8-3-4-9-16/h12-15,17H,2-11H2,1H3. The van der Waals surface area contributed by atoms with Crippen molar-refractivity contribution < 1.29 is 9.84 Å². The van der Waals surface area contributed by atoms with Gasteiger partial charge >= 0.3 is 0 Å². The fraction of sp³-hybridized carbons (Fsp3) is 1.00. The second kappa shape index (κ2) is 5.13. The van der Waals surface area contributed by atoms with Crippen LogP contribution in [0.1, 0.15) is 71.1 Å². The molecule has 2 nitrogen and oxygen atoms in total. The van der Waals surface area contributed by atoms with Crippen molar-refractivity contribution in [2.75, 3.05) is 0 Å². The van der Waals surface area contributed by atoms with Crippen molar-refractivity contribution in [3.8, 4) is 0 Å². The number of aliphatic hydroxyl groups is 1. The summed E-state index contributed by atoms with van der Waals surface area (Å²) in [7, 11) is 0. The molecule has 104 valence electrons. The lowest BCUT2D eigenvalue weighted by atomic mass is 9.62. The molecule has 0 amide bonds. The molecule has 0 bridgehead atoms. The van der Waals surface area contributed by atoms with E-state index in [1.54, 1.807) is 0 Å². The molecule has 0 aromatic carbocycles. The molecule has 0 aliphatic heterocycles. The Kier molecular flexibility index (Phi) is 3.68. The third-order valence-electron chi connectivity index (χ3n) is 5.95. The highest BCUT2D eigenvalue weighted by Crippen LogP contribution is 2.55. The Morgan fingerprint density at radius 1 is 1.11 bits per heavy atom. The summed E-state index contributed by atoms with van der Waals surface area (Å²) >= 11 is 0. The zero-order valence-electron chi connectivity index (χ0n) is 11.7. The van der Waals surface area contributed by atoms with E-state index in [2.05, 4.69) is 6.92 Å². The van der Waals surface area contributed by atoms with Gasteiger partial charge in [0.1, 0.15) is 0 Å². The molecule has 0 aromatic rings. The first-order chi connectivity index (χ1) is 8.74. The van der Waals surface area contributed by atoms with Gasteiger partial charge in [0.05, 0.1) is 18.3 Å². The molecule has 3 aliphatic rings. The molecule has 4 unspecified atom stereocenters. The zero-order valence-corrected chi connectivity index (χ0v) is 11.7. The predicted molar refractivity (Wildman–Crippen MR) is 72.4 cm³/mol. The molecule has 0 radical (unpaired) electrons. The van der Waals surface area contributed by atoms with E-state index in [0.29, 0.717) is 12.2 Å². The first-order valence-electron chi connectivity index (χ1n) is 8.08. The second-order valence-electron chi connectivity index (χ2n) is 6.88. The van der Waals surface area contributed by atoms with Gasteiger partial charge in [0.25, 0.3) is 0 Å². The molecular weight excluding hydrogens is 224 g/mol. The van der Waals surface area contributed by atoms with Crippen LogP contribution < -0.4 is 0 Å². The van der Waals surface area contributed by atoms with Gasteiger partial charge in [0.2, 0.25) is 0 Å². The Balaban J connectivity index is 1.56. The van der Waals surface area contributed by atoms with E-state index in [9.17, 15) is 5.11 Å². The van der Waals surface area contributed by atoms with Crippen LogP contribution >= 0.6 is 0 Å². The highest BCUT2D eigenvalue weighted by molar-refractivity contribution is 5.06. The van der Waals surface area contributed by atoms with Crippen molar-refractivity contribution in [2.24, 2.45) is 11.3 Å². The SMILES string of the molecule is CCC1CCCC(OC2CC(O)C23CCCC3)C1. The third kappa shape index (κ3) is 2.12. The van der Waals surface area contributed by atoms with Gasteiger partial charge in [-0.05, 0) is 31.6 Å². The maximum atomic E-state index is 10.1. The summed E-state index contributed by atoms with van der Waals surface area (Å²) in [5.74, 6) is 0.883. The minimum absolute atomic E-state index is 0.0736. The van der Waals surface area contributed by atoms with Crippen molar-refractivity contribution in [1.82, 2.24) is 0 Å². The van der Waals surface area contributed by atoms with E-state index in [1.165, 1.54) is 57.8 Å². The Hall–Kier alpha value is -0.0800. The summed E-state index contributed by atoms with van der Waals surface area (Å²) < 4.78 is 6.41. The highest BCUT2D eigenvalue weighted by atomic mass is 16.5. The summed E-state index contributed by atoms with van der Waals surface area (Å²) in [5.41, 5.74) is 0.166. The van der Waals surface area contributed by atoms with Crippen LogP contribution in [-0.2, 0) is 4.74 Å². The number of aliphatic hydroxyl groups excluding tert-OH is 1. The van der Waals surface area contributed by atoms with Crippen LogP contribution in [0, 0.1) is 11.3 Å². The van der Waals surface area contributed by atoms with E-state index in [-0.39, 0.29) is 11.5 Å². The monoisotopic (exact) mass is 252 g/mol. The van der Waals surface area contributed by atoms with Crippen LogP contribution in [0.4, 0.5) is 0 Å². The lowest BCUT2D eigenvalue weighted by Crippen LogP contribution is -2.57. The maximum Gasteiger partial charge on any atom is 0.0684 e. The van der Waals surface area contributed by atoms with Gasteiger partial charge in [-0.25, -0.2) is 0 Å². The lowest BCUT2D eigenvalue weighted by Gasteiger charge is -2.52. The fourth-order valence-corrected chi connectivity index (χ4v) is 4.57. The van der Waals surface area contributed by atoms with Crippen LogP contribution in [-0.4, -0.2) is 23.4 Å². The zero-order chi connectivity index (χ0) is 12.6. The maximum absolute atomic E-state index is 10.1. The number of hydrogen-bond donors (Lipinski definition) is 1. The number of ether oxygens (including phenoxy) is 1. The van der Waals surface area contributed by atoms with E-state index in [1.807, 2.05) is 0 Å². The Morgan fingerprint density at radius 2 is 1.89 bits per heavy atom. The predicted octanol–water partition coefficient (Wildman–Crippen LogP) is 3.67. The summed E-state index contributed by atoms with van der Waals surface area (Å²) in [5, 5.41) is 10.1. The van der Waals surface area contributed by atoms with Crippen LogP contribution in [0.2, 0.25) is 0 Å². The first kappa shape index (κ1) is 12.9. The molecule has 3 saturated carbocycles. The molecule has 0 heterocycles. The number of rotatable bonds is 3. The lowest BCUT2D eigenvalue weighted by molar-refractivity contribution is -0.213. The average molecular weight is 252 g/mol. The van der Waals surface area contributed by atoms with Crippen molar-refractivity contribution in [3.05, 3.63) is 0 Å². The molecule has 3 aliphatic carbocycles. The molecule has 3 rings (SSSR count). The summed E-state index contributed by atoms with van der Waals surface area (Å²) in [6, 6.07) is 0. The fourth-order valence-electron chi connectivity index (χ4n) is 4.57. The van der Waals surface area contributed by atoms with Gasteiger partial charge < -0.3 is 9.84 Å². The third-order valence-corrected chi connectivity index (χ3v) is 5.95. The van der Waals surface area contributed by atoms with Gasteiger partial charge in [-0.3, -0.25) is 0 Å². The van der Waals surface area contributed by atoms with Crippen LogP contribution in [0.5, 0.6) is 0 Å². The van der Waals surface area contributed by atoms with E-state index >= 15 is 0 Å². The molecular formula is C16H28O2. The smallest absolute Gasteiger partial charge is 0.0684 e. The van der Waals surface area contributed by atoms with E-state index < -0.39 is 0 Å². The normalized spacial score (nSPS) is 43.0. The summed E-state index contributed by atoms with van der Waals surface area (Å²) in [6.45, 7) is 2.30. The minimum Gasteiger partial charge on any atom is -0.392 e. The quantitative estimate of drug-likeness (QED) is 0.830. The molecule has 18 heavy (non-hydrogen) atoms. The minimum atomic E-state index is -0.0736. The van der Waals surface area contributed by atoms with Gasteiger partial charge in [-0.1, -0.05) is 39.0 Å². The van der Waals surface area contributed by atoms with Crippen LogP contribution in [0.25, 0.3) is 0 Å². The first-order valence-corrected chi connectivity index (χ1v) is 8.08. The van der Waals surface area contributed by atoms with Gasteiger partial charge in [-0.2, -0.15) is 0 Å². The summed E-state index contributed by atoms with van der Waals surface area (Å²) in [4.78, 5) is 0. The Morgan fingerprint density at radius 3 is 2.56 bits per heavy atom. The van der Waals surface area contributed by atoms with Crippen LogP contribution in [0.3, 0.4) is 0 Å². The van der Waals surface area contributed by atoms with Gasteiger partial charge in [0.15, 0.2) is 0 Å². The van der Waals surface area contributed by atoms with Crippen molar-refractivity contribution in [3.63, 3.8) is 0 Å². The van der Waals surface area contributed by atoms with Crippen molar-refractivity contribution >= 4 is 0 Å². The van der Waals surface area contributed by atoms with Crippen molar-refractivity contribution in [1.29, 1.82) is 0 Å². The molecule has 0 saturated heterocycles. The van der Waals surface area contributed by atoms with Crippen molar-refractivity contribution in [2.45, 2.75) is 89.4 Å². The second-order valence-corrected chi connectivity index (χ2v) is 6.88. The topological polar surface area (TPSA) is 29.5 Å². The van der Waals surface area contributed by atoms with E-state index in [0.717, 1.165) is 12.3 Å². The Labute approximate surface area is 111 Å². The Bertz CT molecular complexity index is 283. The molecule has 3 fully saturated rings. The van der Waals surface area contributed by atoms with E-state index in [4.69, 9.17) is 4.74 Å². The van der Waals surface area contributed by atoms with Gasteiger partial charge in [0, 0.05) is 11.8 Å². The molecule has 2 heteroatoms. The number of hydrogen-bond acceptors (Lipinski definition) is 2. The largest absolute Gasteiger partial charge is 0.392 e. The molecule has 4 atom stereocenters.